The molecule has 2 unspecified atom stereocenters. The smallest absolute Gasteiger partial charge is 0.0212 e. The van der Waals surface area contributed by atoms with Crippen LogP contribution in [0, 0.1) is 11.8 Å². The highest BCUT2D eigenvalue weighted by Gasteiger charge is 2.56. The molecule has 46 valence electrons. The van der Waals surface area contributed by atoms with Crippen molar-refractivity contribution < 1.29 is 0 Å². The number of rotatable bonds is 1. The van der Waals surface area contributed by atoms with Gasteiger partial charge in [-0.2, -0.15) is 0 Å². The molecule has 0 saturated heterocycles. The molecule has 2 saturated carbocycles. The molecule has 0 aliphatic heterocycles. The van der Waals surface area contributed by atoms with Gasteiger partial charge in [0, 0.05) is 5.54 Å². The van der Waals surface area contributed by atoms with E-state index in [9.17, 15) is 0 Å². The molecule has 0 amide bonds. The van der Waals surface area contributed by atoms with Crippen molar-refractivity contribution in [3.8, 4) is 0 Å². The molecule has 2 rings (SSSR count). The topological polar surface area (TPSA) is 26.0 Å². The van der Waals surface area contributed by atoms with Gasteiger partial charge in [0.15, 0.2) is 0 Å². The highest BCUT2D eigenvalue weighted by atomic mass is 14.9. The van der Waals surface area contributed by atoms with Crippen LogP contribution in [0.25, 0.3) is 0 Å². The first kappa shape index (κ1) is 4.80. The minimum Gasteiger partial charge on any atom is -0.325 e. The Hall–Kier alpha value is -0.0400. The van der Waals surface area contributed by atoms with Crippen LogP contribution in [0.1, 0.15) is 26.2 Å². The maximum Gasteiger partial charge on any atom is 0.0212 e. The van der Waals surface area contributed by atoms with Crippen molar-refractivity contribution in [1.29, 1.82) is 0 Å². The van der Waals surface area contributed by atoms with Crippen LogP contribution in [0.5, 0.6) is 0 Å². The van der Waals surface area contributed by atoms with Gasteiger partial charge in [0.05, 0.1) is 0 Å². The fourth-order valence-electron chi connectivity index (χ4n) is 1.66. The zero-order valence-corrected chi connectivity index (χ0v) is 5.35. The maximum atomic E-state index is 6.00. The Kier molecular flexibility index (Phi) is 0.663. The monoisotopic (exact) mass is 111 g/mol. The van der Waals surface area contributed by atoms with E-state index < -0.39 is 0 Å². The SMILES string of the molecule is CC1CC1(N)C1CC1. The molecular formula is C7H13N. The summed E-state index contributed by atoms with van der Waals surface area (Å²) in [6, 6.07) is 0. The van der Waals surface area contributed by atoms with Crippen LogP contribution in [0.3, 0.4) is 0 Å². The predicted molar refractivity (Wildman–Crippen MR) is 33.4 cm³/mol. The summed E-state index contributed by atoms with van der Waals surface area (Å²) in [7, 11) is 0. The van der Waals surface area contributed by atoms with Crippen LogP contribution in [0.15, 0.2) is 0 Å². The Morgan fingerprint density at radius 2 is 2.00 bits per heavy atom. The molecule has 0 heterocycles. The third kappa shape index (κ3) is 0.455. The van der Waals surface area contributed by atoms with Crippen molar-refractivity contribution in [3.63, 3.8) is 0 Å². The van der Waals surface area contributed by atoms with E-state index in [4.69, 9.17) is 5.73 Å². The third-order valence-electron chi connectivity index (χ3n) is 2.75. The first-order chi connectivity index (χ1) is 3.73. The molecule has 1 nitrogen and oxygen atoms in total. The molecule has 0 aromatic carbocycles. The normalized spacial score (nSPS) is 54.0. The molecule has 2 fully saturated rings. The van der Waals surface area contributed by atoms with E-state index in [1.54, 1.807) is 0 Å². The van der Waals surface area contributed by atoms with Crippen LogP contribution in [-0.4, -0.2) is 5.54 Å². The summed E-state index contributed by atoms with van der Waals surface area (Å²) in [5.74, 6) is 1.74. The average Bonchev–Trinajstić information content (AvgIpc) is 2.44. The van der Waals surface area contributed by atoms with E-state index in [2.05, 4.69) is 6.92 Å². The van der Waals surface area contributed by atoms with Crippen LogP contribution < -0.4 is 5.73 Å². The Morgan fingerprint density at radius 1 is 1.50 bits per heavy atom. The molecule has 0 aromatic rings. The molecule has 0 aromatic heterocycles. The quantitative estimate of drug-likeness (QED) is 0.539. The summed E-state index contributed by atoms with van der Waals surface area (Å²) in [6.45, 7) is 2.26. The lowest BCUT2D eigenvalue weighted by Gasteiger charge is -2.04. The Morgan fingerprint density at radius 3 is 2.12 bits per heavy atom. The molecule has 2 aliphatic rings. The van der Waals surface area contributed by atoms with Gasteiger partial charge in [0.2, 0.25) is 0 Å². The molecule has 8 heavy (non-hydrogen) atoms. The number of nitrogens with two attached hydrogens (primary N) is 1. The average molecular weight is 111 g/mol. The van der Waals surface area contributed by atoms with E-state index in [1.807, 2.05) is 0 Å². The van der Waals surface area contributed by atoms with Crippen molar-refractivity contribution >= 4 is 0 Å². The minimum atomic E-state index is 0.319. The standard InChI is InChI=1S/C7H13N/c1-5-4-7(5,8)6-2-3-6/h5-6H,2-4,8H2,1H3. The second-order valence-electron chi connectivity index (χ2n) is 3.49. The summed E-state index contributed by atoms with van der Waals surface area (Å²) in [6.07, 6.45) is 4.10. The van der Waals surface area contributed by atoms with Crippen molar-refractivity contribution in [2.75, 3.05) is 0 Å². The van der Waals surface area contributed by atoms with Crippen LogP contribution in [-0.2, 0) is 0 Å². The van der Waals surface area contributed by atoms with Gasteiger partial charge in [-0.25, -0.2) is 0 Å². The summed E-state index contributed by atoms with van der Waals surface area (Å²) in [4.78, 5) is 0. The number of hydrogen-bond acceptors (Lipinski definition) is 1. The van der Waals surface area contributed by atoms with Gasteiger partial charge in [-0.1, -0.05) is 6.92 Å². The Balaban J connectivity index is 2.04. The summed E-state index contributed by atoms with van der Waals surface area (Å²) in [5.41, 5.74) is 6.31. The van der Waals surface area contributed by atoms with Gasteiger partial charge in [0.1, 0.15) is 0 Å². The third-order valence-corrected chi connectivity index (χ3v) is 2.75. The fourth-order valence-corrected chi connectivity index (χ4v) is 1.66. The summed E-state index contributed by atoms with van der Waals surface area (Å²) >= 11 is 0. The van der Waals surface area contributed by atoms with Crippen LogP contribution in [0.2, 0.25) is 0 Å². The highest BCUT2D eigenvalue weighted by molar-refractivity contribution is 5.13. The molecule has 2 atom stereocenters. The zero-order chi connectivity index (χ0) is 5.78. The van der Waals surface area contributed by atoms with Gasteiger partial charge in [0.25, 0.3) is 0 Å². The van der Waals surface area contributed by atoms with Gasteiger partial charge in [-0.3, -0.25) is 0 Å². The second kappa shape index (κ2) is 1.10. The summed E-state index contributed by atoms with van der Waals surface area (Å²) in [5, 5.41) is 0. The van der Waals surface area contributed by atoms with Gasteiger partial charge >= 0.3 is 0 Å². The fraction of sp³-hybridized carbons (Fsp3) is 1.00. The molecule has 0 radical (unpaired) electrons. The largest absolute Gasteiger partial charge is 0.325 e. The molecule has 0 bridgehead atoms. The summed E-state index contributed by atoms with van der Waals surface area (Å²) < 4.78 is 0. The first-order valence-electron chi connectivity index (χ1n) is 3.52. The van der Waals surface area contributed by atoms with Crippen molar-refractivity contribution in [2.24, 2.45) is 17.6 Å². The van der Waals surface area contributed by atoms with Crippen LogP contribution in [0.4, 0.5) is 0 Å². The number of hydrogen-bond donors (Lipinski definition) is 1. The molecule has 0 spiro atoms. The van der Waals surface area contributed by atoms with E-state index in [-0.39, 0.29) is 0 Å². The first-order valence-corrected chi connectivity index (χ1v) is 3.52. The minimum absolute atomic E-state index is 0.319. The van der Waals surface area contributed by atoms with E-state index in [0.717, 1.165) is 11.8 Å². The van der Waals surface area contributed by atoms with Gasteiger partial charge in [-0.15, -0.1) is 0 Å². The van der Waals surface area contributed by atoms with Gasteiger partial charge in [-0.05, 0) is 31.1 Å². The van der Waals surface area contributed by atoms with Crippen LogP contribution >= 0.6 is 0 Å². The van der Waals surface area contributed by atoms with E-state index >= 15 is 0 Å². The van der Waals surface area contributed by atoms with Crippen molar-refractivity contribution in [2.45, 2.75) is 31.7 Å². The highest BCUT2D eigenvalue weighted by Crippen LogP contribution is 2.55. The predicted octanol–water partition coefficient (Wildman–Crippen LogP) is 1.13. The zero-order valence-electron chi connectivity index (χ0n) is 5.35. The Labute approximate surface area is 50.3 Å². The van der Waals surface area contributed by atoms with Gasteiger partial charge < -0.3 is 5.73 Å². The van der Waals surface area contributed by atoms with E-state index in [0.29, 0.717) is 5.54 Å². The van der Waals surface area contributed by atoms with Crippen molar-refractivity contribution in [3.05, 3.63) is 0 Å². The molecule has 2 N–H and O–H groups in total. The Bertz CT molecular complexity index is 118. The maximum absolute atomic E-state index is 6.00. The second-order valence-corrected chi connectivity index (χ2v) is 3.49. The lowest BCUT2D eigenvalue weighted by molar-refractivity contribution is 0.543. The van der Waals surface area contributed by atoms with Crippen molar-refractivity contribution in [1.82, 2.24) is 0 Å². The lowest BCUT2D eigenvalue weighted by Crippen LogP contribution is -2.26. The molecule has 1 heteroatoms. The molecular weight excluding hydrogens is 98.1 g/mol. The molecule has 2 aliphatic carbocycles. The lowest BCUT2D eigenvalue weighted by atomic mass is 10.1. The van der Waals surface area contributed by atoms with E-state index in [1.165, 1.54) is 19.3 Å².